The number of aromatic amines is 1. The van der Waals surface area contributed by atoms with Crippen molar-refractivity contribution in [3.8, 4) is 0 Å². The van der Waals surface area contributed by atoms with Crippen LogP contribution in [0.4, 0.5) is 11.4 Å². The van der Waals surface area contributed by atoms with Crippen LogP contribution < -0.4 is 10.6 Å². The third kappa shape index (κ3) is 6.20. The maximum absolute atomic E-state index is 13.2. The number of primary amides is 1. The highest BCUT2D eigenvalue weighted by Gasteiger charge is 2.28. The Balaban J connectivity index is 1.59. The van der Waals surface area contributed by atoms with Crippen molar-refractivity contribution in [2.24, 2.45) is 5.73 Å². The van der Waals surface area contributed by atoms with Gasteiger partial charge in [-0.25, -0.2) is 4.98 Å². The average Bonchev–Trinajstić information content (AvgIpc) is 3.38. The number of nitrogens with zero attached hydrogens (tertiary/aromatic N) is 4. The predicted octanol–water partition coefficient (Wildman–Crippen LogP) is 4.57. The van der Waals surface area contributed by atoms with E-state index in [0.29, 0.717) is 11.1 Å². The molecule has 3 N–H and O–H groups in total. The van der Waals surface area contributed by atoms with Crippen molar-refractivity contribution in [2.45, 2.75) is 65.2 Å². The Bertz CT molecular complexity index is 1170. The number of rotatable bonds is 9. The number of amides is 2. The molecule has 0 unspecified atom stereocenters. The summed E-state index contributed by atoms with van der Waals surface area (Å²) in [6, 6.07) is 15.8. The first-order chi connectivity index (χ1) is 17.7. The number of imidazole rings is 1. The molecule has 0 atom stereocenters. The molecule has 8 heteroatoms. The number of nitrogens with one attached hydrogen (secondary N) is 1. The normalized spacial score (nSPS) is 14.8. The first-order valence-electron chi connectivity index (χ1n) is 13.1. The molecular formula is C29H38N6O2. The zero-order chi connectivity index (χ0) is 26.5. The standard InChI is InChI=1S/C29H38N6O2/c1-20(2)34(21(3)4)29(37)22-8-10-24(11-9-22)35(26-7-5-6-23(18-26)28(30)36)25-12-16-33(17-13-25)19-27-31-14-15-32-27/h5-11,14-15,18,20-21,25H,12-13,16-17,19H2,1-4H3,(H2,30,36)(H,31,32). The number of aromatic nitrogens is 2. The molecule has 1 aliphatic rings. The van der Waals surface area contributed by atoms with E-state index in [9.17, 15) is 9.59 Å². The summed E-state index contributed by atoms with van der Waals surface area (Å²) < 4.78 is 0. The molecule has 2 aromatic carbocycles. The van der Waals surface area contributed by atoms with Gasteiger partial charge in [-0.15, -0.1) is 0 Å². The van der Waals surface area contributed by atoms with Gasteiger partial charge in [0.05, 0.1) is 6.54 Å². The van der Waals surface area contributed by atoms with E-state index in [1.54, 1.807) is 12.3 Å². The van der Waals surface area contributed by atoms with Crippen LogP contribution in [0.1, 0.15) is 67.1 Å². The molecule has 1 aromatic heterocycles. The van der Waals surface area contributed by atoms with Crippen molar-refractivity contribution in [1.82, 2.24) is 19.8 Å². The molecule has 2 amide bonds. The van der Waals surface area contributed by atoms with Crippen molar-refractivity contribution in [3.05, 3.63) is 77.9 Å². The minimum absolute atomic E-state index is 0.0325. The van der Waals surface area contributed by atoms with Gasteiger partial charge in [-0.3, -0.25) is 14.5 Å². The smallest absolute Gasteiger partial charge is 0.254 e. The molecule has 3 aromatic rings. The van der Waals surface area contributed by atoms with Gasteiger partial charge in [-0.1, -0.05) is 6.07 Å². The first kappa shape index (κ1) is 26.4. The monoisotopic (exact) mass is 502 g/mol. The predicted molar refractivity (Wildman–Crippen MR) is 147 cm³/mol. The maximum atomic E-state index is 13.2. The summed E-state index contributed by atoms with van der Waals surface area (Å²) >= 11 is 0. The maximum Gasteiger partial charge on any atom is 0.254 e. The molecule has 196 valence electrons. The molecule has 8 nitrogen and oxygen atoms in total. The summed E-state index contributed by atoms with van der Waals surface area (Å²) in [7, 11) is 0. The largest absolute Gasteiger partial charge is 0.366 e. The fourth-order valence-electron chi connectivity index (χ4n) is 5.29. The fraction of sp³-hybridized carbons (Fsp3) is 0.414. The number of nitrogens with two attached hydrogens (primary N) is 1. The molecule has 0 aliphatic carbocycles. The van der Waals surface area contributed by atoms with Crippen LogP contribution in [0.2, 0.25) is 0 Å². The van der Waals surface area contributed by atoms with Crippen LogP contribution in [-0.2, 0) is 6.54 Å². The number of hydrogen-bond acceptors (Lipinski definition) is 5. The zero-order valence-electron chi connectivity index (χ0n) is 22.2. The quantitative estimate of drug-likeness (QED) is 0.447. The number of hydrogen-bond donors (Lipinski definition) is 2. The number of benzene rings is 2. The van der Waals surface area contributed by atoms with E-state index in [1.807, 2.05) is 81.3 Å². The molecule has 37 heavy (non-hydrogen) atoms. The lowest BCUT2D eigenvalue weighted by Gasteiger charge is -2.40. The highest BCUT2D eigenvalue weighted by molar-refractivity contribution is 5.95. The molecule has 1 saturated heterocycles. The number of likely N-dealkylation sites (tertiary alicyclic amines) is 1. The van der Waals surface area contributed by atoms with E-state index >= 15 is 0 Å². The summed E-state index contributed by atoms with van der Waals surface area (Å²) in [4.78, 5) is 39.3. The van der Waals surface area contributed by atoms with Crippen LogP contribution in [-0.4, -0.2) is 62.8 Å². The minimum atomic E-state index is -0.446. The van der Waals surface area contributed by atoms with Crippen molar-refractivity contribution in [2.75, 3.05) is 18.0 Å². The molecule has 0 bridgehead atoms. The van der Waals surface area contributed by atoms with E-state index in [4.69, 9.17) is 5.73 Å². The van der Waals surface area contributed by atoms with Gasteiger partial charge in [0.15, 0.2) is 0 Å². The molecule has 0 spiro atoms. The topological polar surface area (TPSA) is 98.6 Å². The average molecular weight is 503 g/mol. The van der Waals surface area contributed by atoms with Crippen LogP contribution >= 0.6 is 0 Å². The molecular weight excluding hydrogens is 464 g/mol. The van der Waals surface area contributed by atoms with Crippen LogP contribution in [0, 0.1) is 0 Å². The van der Waals surface area contributed by atoms with Crippen LogP contribution in [0.15, 0.2) is 60.9 Å². The summed E-state index contributed by atoms with van der Waals surface area (Å²) in [6.45, 7) is 10.8. The Morgan fingerprint density at radius 1 is 1.00 bits per heavy atom. The Kier molecular flexibility index (Phi) is 8.28. The summed E-state index contributed by atoms with van der Waals surface area (Å²) in [5.41, 5.74) is 8.66. The van der Waals surface area contributed by atoms with Crippen LogP contribution in [0.3, 0.4) is 0 Å². The van der Waals surface area contributed by atoms with Gasteiger partial charge in [-0.2, -0.15) is 0 Å². The number of H-pyrrole nitrogens is 1. The van der Waals surface area contributed by atoms with Crippen molar-refractivity contribution < 1.29 is 9.59 Å². The minimum Gasteiger partial charge on any atom is -0.366 e. The van der Waals surface area contributed by atoms with Gasteiger partial charge < -0.3 is 20.5 Å². The molecule has 1 fully saturated rings. The number of carbonyl (C=O) groups is 2. The van der Waals surface area contributed by atoms with Gasteiger partial charge in [0.2, 0.25) is 5.91 Å². The SMILES string of the molecule is CC(C)N(C(=O)c1ccc(N(c2cccc(C(N)=O)c2)C2CCN(Cc3ncc[nH]3)CC2)cc1)C(C)C. The number of carbonyl (C=O) groups excluding carboxylic acids is 2. The van der Waals surface area contributed by atoms with E-state index in [0.717, 1.165) is 49.7 Å². The summed E-state index contributed by atoms with van der Waals surface area (Å²) in [6.07, 6.45) is 5.55. The second kappa shape index (κ2) is 11.6. The lowest BCUT2D eigenvalue weighted by atomic mass is 10.00. The van der Waals surface area contributed by atoms with Gasteiger partial charge in [0, 0.05) is 66.1 Å². The van der Waals surface area contributed by atoms with Crippen molar-refractivity contribution >= 4 is 23.2 Å². The Morgan fingerprint density at radius 2 is 1.68 bits per heavy atom. The van der Waals surface area contributed by atoms with E-state index in [2.05, 4.69) is 19.8 Å². The van der Waals surface area contributed by atoms with Gasteiger partial charge >= 0.3 is 0 Å². The Labute approximate surface area is 219 Å². The third-order valence-electron chi connectivity index (χ3n) is 7.00. The first-order valence-corrected chi connectivity index (χ1v) is 13.1. The zero-order valence-corrected chi connectivity index (χ0v) is 22.2. The Hall–Kier alpha value is -3.65. The lowest BCUT2D eigenvalue weighted by molar-refractivity contribution is 0.0643. The van der Waals surface area contributed by atoms with Crippen molar-refractivity contribution in [1.29, 1.82) is 0 Å². The van der Waals surface area contributed by atoms with E-state index < -0.39 is 5.91 Å². The molecule has 4 rings (SSSR count). The van der Waals surface area contributed by atoms with E-state index in [1.165, 1.54) is 0 Å². The Morgan fingerprint density at radius 3 is 2.24 bits per heavy atom. The molecule has 0 saturated carbocycles. The number of piperidine rings is 1. The van der Waals surface area contributed by atoms with Gasteiger partial charge in [0.1, 0.15) is 5.82 Å². The molecule has 2 heterocycles. The second-order valence-corrected chi connectivity index (χ2v) is 10.3. The highest BCUT2D eigenvalue weighted by atomic mass is 16.2. The lowest BCUT2D eigenvalue weighted by Crippen LogP contribution is -2.43. The van der Waals surface area contributed by atoms with Crippen LogP contribution in [0.25, 0.3) is 0 Å². The van der Waals surface area contributed by atoms with Crippen LogP contribution in [0.5, 0.6) is 0 Å². The summed E-state index contributed by atoms with van der Waals surface area (Å²) in [5, 5.41) is 0. The fourth-order valence-corrected chi connectivity index (χ4v) is 5.29. The van der Waals surface area contributed by atoms with E-state index in [-0.39, 0.29) is 24.0 Å². The third-order valence-corrected chi connectivity index (χ3v) is 7.00. The second-order valence-electron chi connectivity index (χ2n) is 10.3. The number of anilines is 2. The highest BCUT2D eigenvalue weighted by Crippen LogP contribution is 2.33. The molecule has 1 aliphatic heterocycles. The van der Waals surface area contributed by atoms with Gasteiger partial charge in [-0.05, 0) is 83.0 Å². The van der Waals surface area contributed by atoms with Gasteiger partial charge in [0.25, 0.3) is 5.91 Å². The van der Waals surface area contributed by atoms with Crippen molar-refractivity contribution in [3.63, 3.8) is 0 Å². The summed E-state index contributed by atoms with van der Waals surface area (Å²) in [5.74, 6) is 0.560. The molecule has 0 radical (unpaired) electrons.